The van der Waals surface area contributed by atoms with Crippen LogP contribution in [-0.4, -0.2) is 28.9 Å². The molecule has 6 nitrogen and oxygen atoms in total. The molecule has 0 bridgehead atoms. The van der Waals surface area contributed by atoms with Crippen LogP contribution in [0.25, 0.3) is 0 Å². The standard InChI is InChI=1S/2CHBr3O3S.Ni/c2*2-1(3,4)8(5,6)7;/h2*(H,5,6,7);/q;;+2/p-2. The van der Waals surface area contributed by atoms with Gasteiger partial charge in [0.25, 0.3) is 0 Å². The molecule has 0 unspecified atom stereocenters. The molecule has 0 heterocycles. The molecule has 0 saturated carbocycles. The quantitative estimate of drug-likeness (QED) is 0.216. The van der Waals surface area contributed by atoms with E-state index in [1.54, 1.807) is 0 Å². The van der Waals surface area contributed by atoms with Crippen LogP contribution in [0.15, 0.2) is 0 Å². The molecule has 0 radical (unpaired) electrons. The number of hydrogen-bond acceptors (Lipinski definition) is 6. The Bertz CT molecular complexity index is 374. The largest absolute Gasteiger partial charge is 2.00 e. The third-order valence-electron chi connectivity index (χ3n) is 0.567. The molecule has 0 rings (SSSR count). The van der Waals surface area contributed by atoms with Crippen molar-refractivity contribution in [3.8, 4) is 0 Å². The summed E-state index contributed by atoms with van der Waals surface area (Å²) in [6, 6.07) is 0. The average molecular weight is 722 g/mol. The Hall–Kier alpha value is 3.19. The van der Waals surface area contributed by atoms with Crippen LogP contribution in [0.3, 0.4) is 0 Å². The molecule has 15 heteroatoms. The van der Waals surface area contributed by atoms with Crippen molar-refractivity contribution >= 4 is 116 Å². The fraction of sp³-hybridized carbons (Fsp3) is 1.00. The van der Waals surface area contributed by atoms with E-state index in [1.165, 1.54) is 0 Å². The van der Waals surface area contributed by atoms with Crippen molar-refractivity contribution in [1.82, 2.24) is 0 Å². The van der Waals surface area contributed by atoms with E-state index in [0.717, 1.165) is 0 Å². The summed E-state index contributed by atoms with van der Waals surface area (Å²) in [5.74, 6) is 0. The summed E-state index contributed by atoms with van der Waals surface area (Å²) in [5, 5.41) is 0. The second kappa shape index (κ2) is 8.59. The summed E-state index contributed by atoms with van der Waals surface area (Å²) >= 11 is 15.2. The van der Waals surface area contributed by atoms with Gasteiger partial charge >= 0.3 is 16.5 Å². The maximum atomic E-state index is 9.96. The molecule has 0 N–H and O–H groups in total. The third-order valence-corrected chi connectivity index (χ3v) is 8.84. The van der Waals surface area contributed by atoms with Gasteiger partial charge in [-0.3, -0.25) is 0 Å². The van der Waals surface area contributed by atoms with Gasteiger partial charge in [0.1, 0.15) is 20.2 Å². The monoisotopic (exact) mass is 715 g/mol. The third kappa shape index (κ3) is 12.6. The number of alkyl halides is 6. The molecular weight excluding hydrogens is 722 g/mol. The SMILES string of the molecule is O=S(=O)([O-])C(Br)(Br)Br.O=S(=O)([O-])C(Br)(Br)Br.[Ni+2]. The number of hydrogen-bond donors (Lipinski definition) is 0. The van der Waals surface area contributed by atoms with Crippen molar-refractivity contribution in [2.24, 2.45) is 0 Å². The van der Waals surface area contributed by atoms with E-state index in [2.05, 4.69) is 95.6 Å². The van der Waals surface area contributed by atoms with Gasteiger partial charge in [-0.2, -0.15) is 0 Å². The van der Waals surface area contributed by atoms with E-state index < -0.39 is 23.2 Å². The van der Waals surface area contributed by atoms with Crippen LogP contribution in [0.5, 0.6) is 0 Å². The van der Waals surface area contributed by atoms with Crippen LogP contribution in [0, 0.1) is 0 Å². The predicted molar refractivity (Wildman–Crippen MR) is 78.4 cm³/mol. The molecule has 17 heavy (non-hydrogen) atoms. The van der Waals surface area contributed by atoms with Gasteiger partial charge in [-0.1, -0.05) is 0 Å². The molecule has 0 fully saturated rings. The molecule has 0 spiro atoms. The number of rotatable bonds is 0. The Balaban J connectivity index is -0.000000218. The van der Waals surface area contributed by atoms with Crippen LogP contribution >= 0.6 is 95.6 Å². The minimum Gasteiger partial charge on any atom is -0.746 e. The first kappa shape index (κ1) is 25.2. The number of halogens is 6. The van der Waals surface area contributed by atoms with E-state index in [1.807, 2.05) is 0 Å². The molecule has 0 atom stereocenters. The minimum atomic E-state index is -4.34. The fourth-order valence-electron chi connectivity index (χ4n) is 0. The summed E-state index contributed by atoms with van der Waals surface area (Å²) in [6.07, 6.45) is 0. The summed E-state index contributed by atoms with van der Waals surface area (Å²) < 4.78 is 56.3. The molecule has 0 aromatic heterocycles. The molecule has 0 aliphatic heterocycles. The Labute approximate surface area is 159 Å². The molecule has 0 aromatic rings. The normalized spacial score (nSPS) is 13.2. The topological polar surface area (TPSA) is 114 Å². The van der Waals surface area contributed by atoms with E-state index in [-0.39, 0.29) is 16.5 Å². The summed E-state index contributed by atoms with van der Waals surface area (Å²) in [5.41, 5.74) is 0. The van der Waals surface area contributed by atoms with Gasteiger partial charge in [-0.15, -0.1) is 0 Å². The van der Waals surface area contributed by atoms with Gasteiger partial charge in [-0.05, 0) is 95.6 Å². The maximum Gasteiger partial charge on any atom is 2.00 e. The van der Waals surface area contributed by atoms with Gasteiger partial charge in [0.15, 0.2) is 0 Å². The van der Waals surface area contributed by atoms with Crippen molar-refractivity contribution in [2.75, 3.05) is 0 Å². The van der Waals surface area contributed by atoms with Gasteiger partial charge < -0.3 is 9.11 Å². The maximum absolute atomic E-state index is 9.96. The van der Waals surface area contributed by atoms with Gasteiger partial charge in [0, 0.05) is 0 Å². The Morgan fingerprint density at radius 3 is 0.706 bits per heavy atom. The zero-order valence-corrected chi connectivity index (χ0v) is 19.0. The Morgan fingerprint density at radius 2 is 0.706 bits per heavy atom. The molecular formula is C2Br6NiO6S2. The molecule has 108 valence electrons. The fourth-order valence-corrected chi connectivity index (χ4v) is 0. The van der Waals surface area contributed by atoms with E-state index in [9.17, 15) is 25.9 Å². The van der Waals surface area contributed by atoms with E-state index in [0.29, 0.717) is 0 Å². The first-order valence-electron chi connectivity index (χ1n) is 2.54. The predicted octanol–water partition coefficient (Wildman–Crippen LogP) is 2.65. The molecule has 0 amide bonds. The van der Waals surface area contributed by atoms with Gasteiger partial charge in [0.05, 0.1) is 0 Å². The summed E-state index contributed by atoms with van der Waals surface area (Å²) in [7, 11) is -8.68. The van der Waals surface area contributed by atoms with E-state index >= 15 is 0 Å². The summed E-state index contributed by atoms with van der Waals surface area (Å²) in [4.78, 5) is 0. The van der Waals surface area contributed by atoms with Crippen molar-refractivity contribution in [1.29, 1.82) is 0 Å². The smallest absolute Gasteiger partial charge is 0.746 e. The van der Waals surface area contributed by atoms with E-state index in [4.69, 9.17) is 0 Å². The van der Waals surface area contributed by atoms with Crippen LogP contribution in [0.2, 0.25) is 0 Å². The first-order valence-corrected chi connectivity index (χ1v) is 10.1. The van der Waals surface area contributed by atoms with Crippen LogP contribution in [-0.2, 0) is 36.7 Å². The Kier molecular flexibility index (Phi) is 12.7. The zero-order valence-electron chi connectivity index (χ0n) is 6.85. The van der Waals surface area contributed by atoms with Crippen molar-refractivity contribution in [3.63, 3.8) is 0 Å². The van der Waals surface area contributed by atoms with Crippen molar-refractivity contribution in [2.45, 2.75) is 2.95 Å². The molecule has 0 saturated heterocycles. The summed E-state index contributed by atoms with van der Waals surface area (Å²) in [6.45, 7) is 0. The van der Waals surface area contributed by atoms with Gasteiger partial charge in [-0.25, -0.2) is 16.8 Å². The second-order valence-electron chi connectivity index (χ2n) is 1.80. The van der Waals surface area contributed by atoms with Crippen LogP contribution < -0.4 is 0 Å². The molecule has 0 aliphatic rings. The van der Waals surface area contributed by atoms with Gasteiger partial charge in [0.2, 0.25) is 2.95 Å². The van der Waals surface area contributed by atoms with Crippen LogP contribution in [0.4, 0.5) is 0 Å². The minimum absolute atomic E-state index is 0. The van der Waals surface area contributed by atoms with Crippen molar-refractivity contribution in [3.05, 3.63) is 0 Å². The van der Waals surface area contributed by atoms with Crippen molar-refractivity contribution < 1.29 is 42.4 Å². The Morgan fingerprint density at radius 1 is 0.647 bits per heavy atom. The second-order valence-corrected chi connectivity index (χ2v) is 21.5. The molecule has 0 aliphatic carbocycles. The molecule has 0 aromatic carbocycles. The van der Waals surface area contributed by atoms with Crippen LogP contribution in [0.1, 0.15) is 0 Å². The average Bonchev–Trinajstić information content (AvgIpc) is 1.77. The first-order chi connectivity index (χ1) is 6.50. The zero-order chi connectivity index (χ0) is 14.0.